The first kappa shape index (κ1) is 36.7. The van der Waals surface area contributed by atoms with Gasteiger partial charge in [0.15, 0.2) is 5.60 Å². The fourth-order valence-electron chi connectivity index (χ4n) is 5.11. The molecule has 2 aromatic rings. The molecule has 1 aromatic carbocycles. The number of aliphatic hydroxyl groups excluding tert-OH is 1. The Morgan fingerprint density at radius 1 is 1.00 bits per heavy atom. The molecule has 0 spiro atoms. The monoisotopic (exact) mass is 614 g/mol. The fourth-order valence-corrected chi connectivity index (χ4v) is 5.11. The Hall–Kier alpha value is -3.50. The molecular weight excluding hydrogens is 564 g/mol. The predicted octanol–water partition coefficient (Wildman–Crippen LogP) is 5.73. The Bertz CT molecular complexity index is 1180. The quantitative estimate of drug-likeness (QED) is 0.0775. The van der Waals surface area contributed by atoms with Gasteiger partial charge in [-0.15, -0.1) is 0 Å². The lowest BCUT2D eigenvalue weighted by atomic mass is 9.83. The molecule has 0 fully saturated rings. The number of carboxylic acid groups (broad SMARTS) is 1. The number of carbonyl (C=O) groups excluding carboxylic acids is 2. The lowest BCUT2D eigenvalue weighted by Crippen LogP contribution is -2.52. The fraction of sp³-hybridized carbons (Fsp3) is 0.588. The maximum atomic E-state index is 13.6. The molecule has 1 heterocycles. The molecule has 10 heteroatoms. The Kier molecular flexibility index (Phi) is 16.4. The second-order valence-electron chi connectivity index (χ2n) is 11.5. The van der Waals surface area contributed by atoms with E-state index in [2.05, 4.69) is 17.2 Å². The van der Waals surface area contributed by atoms with Crippen LogP contribution in [-0.4, -0.2) is 55.3 Å². The number of oxazole rings is 1. The van der Waals surface area contributed by atoms with E-state index >= 15 is 0 Å². The number of phenolic OH excluding ortho intramolecular Hbond substituents is 1. The van der Waals surface area contributed by atoms with E-state index in [4.69, 9.17) is 4.42 Å². The van der Waals surface area contributed by atoms with Crippen molar-refractivity contribution in [2.24, 2.45) is 5.92 Å². The van der Waals surface area contributed by atoms with Crippen molar-refractivity contribution in [3.63, 3.8) is 0 Å². The van der Waals surface area contributed by atoms with Crippen LogP contribution in [0.1, 0.15) is 114 Å². The summed E-state index contributed by atoms with van der Waals surface area (Å²) < 4.78 is 5.66. The number of aliphatic carboxylic acids is 1. The molecule has 0 aliphatic rings. The minimum Gasteiger partial charge on any atom is -0.508 e. The van der Waals surface area contributed by atoms with Gasteiger partial charge >= 0.3 is 5.97 Å². The van der Waals surface area contributed by atoms with E-state index in [1.165, 1.54) is 43.7 Å². The Labute approximate surface area is 260 Å². The van der Waals surface area contributed by atoms with E-state index in [0.29, 0.717) is 30.8 Å². The lowest BCUT2D eigenvalue weighted by molar-refractivity contribution is -0.168. The third-order valence-corrected chi connectivity index (χ3v) is 7.75. The van der Waals surface area contributed by atoms with E-state index in [1.54, 1.807) is 25.1 Å². The lowest BCUT2D eigenvalue weighted by Gasteiger charge is -2.30. The second-order valence-corrected chi connectivity index (χ2v) is 11.5. The number of aromatic nitrogens is 1. The van der Waals surface area contributed by atoms with Crippen LogP contribution in [0.25, 0.3) is 0 Å². The number of benzene rings is 1. The molecule has 0 saturated heterocycles. The molecule has 0 aliphatic heterocycles. The van der Waals surface area contributed by atoms with Gasteiger partial charge < -0.3 is 30.2 Å². The second kappa shape index (κ2) is 19.7. The third kappa shape index (κ3) is 12.6. The van der Waals surface area contributed by atoms with Crippen molar-refractivity contribution in [2.75, 3.05) is 6.61 Å². The number of carboxylic acids is 1. The van der Waals surface area contributed by atoms with Crippen molar-refractivity contribution in [3.05, 3.63) is 59.8 Å². The molecule has 1 amide bonds. The van der Waals surface area contributed by atoms with Crippen LogP contribution in [0.2, 0.25) is 0 Å². The molecule has 3 atom stereocenters. The van der Waals surface area contributed by atoms with Crippen LogP contribution in [-0.2, 0) is 20.8 Å². The molecule has 2 rings (SSSR count). The zero-order chi connectivity index (χ0) is 32.4. The van der Waals surface area contributed by atoms with Crippen LogP contribution in [0.3, 0.4) is 0 Å². The number of aromatic hydroxyl groups is 1. The number of unbranched alkanes of at least 4 members (excludes halogenated alkanes) is 8. The van der Waals surface area contributed by atoms with Crippen molar-refractivity contribution >= 4 is 17.7 Å². The largest absolute Gasteiger partial charge is 0.508 e. The summed E-state index contributed by atoms with van der Waals surface area (Å²) in [4.78, 5) is 42.1. The average Bonchev–Trinajstić information content (AvgIpc) is 3.43. The summed E-state index contributed by atoms with van der Waals surface area (Å²) >= 11 is 0. The number of allylic oxidation sites excluding steroid dienone is 1. The molecule has 0 aliphatic carbocycles. The first-order valence-electron chi connectivity index (χ1n) is 15.9. The Morgan fingerprint density at radius 2 is 1.64 bits per heavy atom. The number of phenols is 1. The number of Topliss-reactive ketones (excluding diaryl/α,β-unsaturated/α-hetero) is 1. The van der Waals surface area contributed by atoms with Gasteiger partial charge in [-0.3, -0.25) is 9.59 Å². The predicted molar refractivity (Wildman–Crippen MR) is 167 cm³/mol. The number of ketones is 1. The van der Waals surface area contributed by atoms with Gasteiger partial charge in [-0.25, -0.2) is 9.78 Å². The van der Waals surface area contributed by atoms with Crippen LogP contribution < -0.4 is 5.32 Å². The molecule has 1 aromatic heterocycles. The minimum atomic E-state index is -2.54. The van der Waals surface area contributed by atoms with Crippen molar-refractivity contribution in [1.82, 2.24) is 10.3 Å². The number of nitrogens with one attached hydrogen (secondary N) is 1. The highest BCUT2D eigenvalue weighted by molar-refractivity contribution is 5.90. The number of nitrogens with zero attached hydrogens (tertiary/aromatic N) is 1. The summed E-state index contributed by atoms with van der Waals surface area (Å²) in [7, 11) is 0. The third-order valence-electron chi connectivity index (χ3n) is 7.75. The highest BCUT2D eigenvalue weighted by atomic mass is 16.4. The minimum absolute atomic E-state index is 0.0867. The van der Waals surface area contributed by atoms with Gasteiger partial charge in [0.25, 0.3) is 0 Å². The Morgan fingerprint density at radius 3 is 2.20 bits per heavy atom. The maximum Gasteiger partial charge on any atom is 0.336 e. The molecule has 0 saturated carbocycles. The average molecular weight is 615 g/mol. The molecule has 244 valence electrons. The number of amides is 1. The van der Waals surface area contributed by atoms with Gasteiger partial charge in [0.05, 0.1) is 12.1 Å². The normalized spacial score (nSPS) is 14.3. The van der Waals surface area contributed by atoms with Gasteiger partial charge in [0, 0.05) is 32.3 Å². The molecule has 0 unspecified atom stereocenters. The van der Waals surface area contributed by atoms with Gasteiger partial charge in [0.2, 0.25) is 11.8 Å². The molecular formula is C34H50N2O8. The van der Waals surface area contributed by atoms with E-state index in [0.717, 1.165) is 44.1 Å². The number of aliphatic hydroxyl groups is 2. The van der Waals surface area contributed by atoms with Gasteiger partial charge in [-0.1, -0.05) is 69.7 Å². The number of hydrogen-bond acceptors (Lipinski definition) is 8. The highest BCUT2D eigenvalue weighted by Gasteiger charge is 2.47. The van der Waals surface area contributed by atoms with Crippen molar-refractivity contribution in [1.29, 1.82) is 0 Å². The summed E-state index contributed by atoms with van der Waals surface area (Å²) in [6.45, 7) is 3.25. The maximum absolute atomic E-state index is 13.6. The van der Waals surface area contributed by atoms with Gasteiger partial charge in [-0.05, 0) is 50.3 Å². The molecule has 0 bridgehead atoms. The first-order valence-corrected chi connectivity index (χ1v) is 15.9. The first-order chi connectivity index (χ1) is 21.1. The molecule has 5 N–H and O–H groups in total. The van der Waals surface area contributed by atoms with E-state index < -0.39 is 42.5 Å². The van der Waals surface area contributed by atoms with Crippen LogP contribution in [0.5, 0.6) is 5.75 Å². The van der Waals surface area contributed by atoms with Crippen LogP contribution >= 0.6 is 0 Å². The number of hydrogen-bond donors (Lipinski definition) is 5. The van der Waals surface area contributed by atoms with E-state index in [-0.39, 0.29) is 18.1 Å². The summed E-state index contributed by atoms with van der Waals surface area (Å²) in [5.41, 5.74) is -1.78. The van der Waals surface area contributed by atoms with E-state index in [1.807, 2.05) is 0 Å². The molecule has 10 nitrogen and oxygen atoms in total. The van der Waals surface area contributed by atoms with Crippen LogP contribution in [0.4, 0.5) is 0 Å². The molecule has 44 heavy (non-hydrogen) atoms. The van der Waals surface area contributed by atoms with Crippen molar-refractivity contribution in [2.45, 2.75) is 115 Å². The summed E-state index contributed by atoms with van der Waals surface area (Å²) in [5.74, 6) is -2.74. The summed E-state index contributed by atoms with van der Waals surface area (Å²) in [6, 6.07) is 5.61. The zero-order valence-electron chi connectivity index (χ0n) is 26.2. The number of rotatable bonds is 23. The standard InChI is InChI=1S/C34H50N2O8/c1-3-4-5-8-11-14-27(38)15-12-9-6-7-10-13-16-29(34(43,21-22-37)33(41)42)31(40)36-30(32-35-24-25(2)44-32)23-26-17-19-28(39)20-18-26/h13,16-20,24,29-30,37,39,43H,3-12,14-15,21-23H2,1-2H3,(H,36,40)(H,41,42)/t29-,30+,34+/m1/s1. The summed E-state index contributed by atoms with van der Waals surface area (Å²) in [6.07, 6.45) is 15.1. The van der Waals surface area contributed by atoms with Crippen LogP contribution in [0.15, 0.2) is 47.0 Å². The topological polar surface area (TPSA) is 170 Å². The SMILES string of the molecule is CCCCCCCC(=O)CCCCCCC=C[C@H](C(=O)N[C@@H](Cc1ccc(O)cc1)c1ncc(C)o1)[C@@](O)(CCO)C(=O)O. The van der Waals surface area contributed by atoms with Crippen LogP contribution in [0, 0.1) is 12.8 Å². The van der Waals surface area contributed by atoms with Crippen molar-refractivity contribution in [3.8, 4) is 5.75 Å². The highest BCUT2D eigenvalue weighted by Crippen LogP contribution is 2.27. The van der Waals surface area contributed by atoms with Gasteiger partial charge in [0.1, 0.15) is 23.3 Å². The van der Waals surface area contributed by atoms with Crippen molar-refractivity contribution < 1.29 is 39.2 Å². The number of carbonyl (C=O) groups is 3. The molecule has 0 radical (unpaired) electrons. The zero-order valence-corrected chi connectivity index (χ0v) is 26.2. The number of aryl methyl sites for hydroxylation is 1. The van der Waals surface area contributed by atoms with Gasteiger partial charge in [-0.2, -0.15) is 0 Å². The smallest absolute Gasteiger partial charge is 0.336 e. The van der Waals surface area contributed by atoms with E-state index in [9.17, 15) is 34.8 Å². The Balaban J connectivity index is 2.01. The summed E-state index contributed by atoms with van der Waals surface area (Å²) in [5, 5.41) is 42.9.